The number of nitrogens with one attached hydrogen (secondary N) is 1. The van der Waals surface area contributed by atoms with Crippen LogP contribution in [0.3, 0.4) is 0 Å². The fourth-order valence-electron chi connectivity index (χ4n) is 2.43. The second-order valence-corrected chi connectivity index (χ2v) is 4.69. The van der Waals surface area contributed by atoms with Gasteiger partial charge in [-0.1, -0.05) is 0 Å². The summed E-state index contributed by atoms with van der Waals surface area (Å²) in [5.74, 6) is -0.938. The van der Waals surface area contributed by atoms with Crippen LogP contribution in [0.5, 0.6) is 0 Å². The minimum absolute atomic E-state index is 0.110. The molecule has 1 saturated heterocycles. The molecule has 1 N–H and O–H groups in total. The fraction of sp³-hybridized carbons (Fsp3) is 0.500. The summed E-state index contributed by atoms with van der Waals surface area (Å²) in [5.41, 5.74) is -1.38. The molecule has 1 aromatic rings. The molecule has 2 rings (SSSR count). The number of nitro groups is 1. The number of piperazine rings is 1. The van der Waals surface area contributed by atoms with E-state index in [-0.39, 0.29) is 13.1 Å². The second kappa shape index (κ2) is 5.94. The molecule has 0 bridgehead atoms. The third kappa shape index (κ3) is 3.48. The molecule has 0 unspecified atom stereocenters. The van der Waals surface area contributed by atoms with E-state index in [0.717, 1.165) is 17.0 Å². The predicted octanol–water partition coefficient (Wildman–Crippen LogP) is 2.24. The number of rotatable bonds is 3. The van der Waals surface area contributed by atoms with E-state index in [2.05, 4.69) is 5.32 Å². The molecule has 1 fully saturated rings. The van der Waals surface area contributed by atoms with Crippen LogP contribution < -0.4 is 5.32 Å². The predicted molar refractivity (Wildman–Crippen MR) is 66.3 cm³/mol. The van der Waals surface area contributed by atoms with Gasteiger partial charge in [0, 0.05) is 26.2 Å². The van der Waals surface area contributed by atoms with Gasteiger partial charge in [-0.3, -0.25) is 15.0 Å². The van der Waals surface area contributed by atoms with Gasteiger partial charge in [-0.05, 0) is 12.1 Å². The molecule has 0 aromatic heterocycles. The number of halogens is 4. The highest BCUT2D eigenvalue weighted by molar-refractivity contribution is 5.43. The Balaban J connectivity index is 2.48. The van der Waals surface area contributed by atoms with E-state index in [4.69, 9.17) is 0 Å². The number of alkyl halides is 3. The average Bonchev–Trinajstić information content (AvgIpc) is 2.40. The summed E-state index contributed by atoms with van der Waals surface area (Å²) < 4.78 is 53.2. The lowest BCUT2D eigenvalue weighted by Crippen LogP contribution is -2.49. The maximum atomic E-state index is 13.4. The molecular weight excluding hydrogens is 294 g/mol. The Morgan fingerprint density at radius 3 is 2.43 bits per heavy atom. The Kier molecular flexibility index (Phi) is 4.43. The smallest absolute Gasteiger partial charge is 0.314 e. The van der Waals surface area contributed by atoms with Crippen LogP contribution in [0.25, 0.3) is 0 Å². The Morgan fingerprint density at radius 1 is 1.29 bits per heavy atom. The van der Waals surface area contributed by atoms with Gasteiger partial charge >= 0.3 is 6.18 Å². The molecule has 5 nitrogen and oxygen atoms in total. The molecule has 1 aliphatic rings. The SMILES string of the molecule is O=[N+]([O-])c1cc(F)ccc1[C@@H](N1CCNCC1)C(F)(F)F. The van der Waals surface area contributed by atoms with Gasteiger partial charge in [0.05, 0.1) is 16.6 Å². The number of benzene rings is 1. The molecule has 1 aliphatic heterocycles. The standard InChI is InChI=1S/C12H13F4N3O2/c13-8-1-2-9(10(7-8)19(20)21)11(12(14,15)16)18-5-3-17-4-6-18/h1-2,7,11,17H,3-6H2/t11-/m1/s1. The van der Waals surface area contributed by atoms with E-state index in [1.807, 2.05) is 0 Å². The van der Waals surface area contributed by atoms with Crippen LogP contribution in [0.15, 0.2) is 18.2 Å². The van der Waals surface area contributed by atoms with Crippen LogP contribution >= 0.6 is 0 Å². The van der Waals surface area contributed by atoms with Crippen LogP contribution in [0, 0.1) is 15.9 Å². The van der Waals surface area contributed by atoms with Gasteiger partial charge in [-0.2, -0.15) is 13.2 Å². The summed E-state index contributed by atoms with van der Waals surface area (Å²) in [4.78, 5) is 11.1. The quantitative estimate of drug-likeness (QED) is 0.528. The van der Waals surface area contributed by atoms with Gasteiger partial charge in [-0.15, -0.1) is 0 Å². The number of hydrogen-bond donors (Lipinski definition) is 1. The fourth-order valence-corrected chi connectivity index (χ4v) is 2.43. The van der Waals surface area contributed by atoms with Crippen molar-refractivity contribution in [3.63, 3.8) is 0 Å². The molecule has 0 aliphatic carbocycles. The molecule has 9 heteroatoms. The molecule has 1 heterocycles. The lowest BCUT2D eigenvalue weighted by atomic mass is 10.0. The van der Waals surface area contributed by atoms with Crippen molar-refractivity contribution in [1.29, 1.82) is 0 Å². The van der Waals surface area contributed by atoms with Crippen molar-refractivity contribution in [1.82, 2.24) is 10.2 Å². The van der Waals surface area contributed by atoms with Gasteiger partial charge in [-0.25, -0.2) is 4.39 Å². The van der Waals surface area contributed by atoms with Crippen LogP contribution in [-0.2, 0) is 0 Å². The summed E-state index contributed by atoms with van der Waals surface area (Å²) in [6.07, 6.45) is -4.68. The minimum Gasteiger partial charge on any atom is -0.314 e. The molecule has 21 heavy (non-hydrogen) atoms. The van der Waals surface area contributed by atoms with Crippen LogP contribution in [0.1, 0.15) is 11.6 Å². The zero-order chi connectivity index (χ0) is 15.6. The number of nitro benzene ring substituents is 1. The van der Waals surface area contributed by atoms with Crippen molar-refractivity contribution in [2.75, 3.05) is 26.2 Å². The first-order valence-corrected chi connectivity index (χ1v) is 6.26. The van der Waals surface area contributed by atoms with Gasteiger partial charge in [0.2, 0.25) is 0 Å². The third-order valence-corrected chi connectivity index (χ3v) is 3.31. The summed E-state index contributed by atoms with van der Waals surface area (Å²) in [5, 5.41) is 13.8. The molecule has 1 atom stereocenters. The largest absolute Gasteiger partial charge is 0.408 e. The first-order chi connectivity index (χ1) is 9.80. The van der Waals surface area contributed by atoms with Gasteiger partial charge in [0.1, 0.15) is 11.9 Å². The molecule has 116 valence electrons. The van der Waals surface area contributed by atoms with Gasteiger partial charge < -0.3 is 5.32 Å². The topological polar surface area (TPSA) is 58.4 Å². The number of hydrogen-bond acceptors (Lipinski definition) is 4. The third-order valence-electron chi connectivity index (χ3n) is 3.31. The summed E-state index contributed by atoms with van der Waals surface area (Å²) >= 11 is 0. The first-order valence-electron chi connectivity index (χ1n) is 6.26. The van der Waals surface area contributed by atoms with Crippen molar-refractivity contribution in [2.45, 2.75) is 12.2 Å². The van der Waals surface area contributed by atoms with Gasteiger partial charge in [0.15, 0.2) is 0 Å². The lowest BCUT2D eigenvalue weighted by molar-refractivity contribution is -0.386. The van der Waals surface area contributed by atoms with E-state index in [1.165, 1.54) is 0 Å². The van der Waals surface area contributed by atoms with Crippen LogP contribution in [0.4, 0.5) is 23.2 Å². The van der Waals surface area contributed by atoms with Crippen LogP contribution in [-0.4, -0.2) is 42.2 Å². The van der Waals surface area contributed by atoms with Crippen LogP contribution in [0.2, 0.25) is 0 Å². The zero-order valence-corrected chi connectivity index (χ0v) is 10.9. The van der Waals surface area contributed by atoms with Crippen molar-refractivity contribution in [3.8, 4) is 0 Å². The molecule has 1 aromatic carbocycles. The summed E-state index contributed by atoms with van der Waals surface area (Å²) in [6.45, 7) is 0.945. The highest BCUT2D eigenvalue weighted by Gasteiger charge is 2.47. The van der Waals surface area contributed by atoms with E-state index in [1.54, 1.807) is 0 Å². The second-order valence-electron chi connectivity index (χ2n) is 4.69. The van der Waals surface area contributed by atoms with E-state index >= 15 is 0 Å². The summed E-state index contributed by atoms with van der Waals surface area (Å²) in [7, 11) is 0. The molecule has 0 spiro atoms. The maximum absolute atomic E-state index is 13.4. The monoisotopic (exact) mass is 307 g/mol. The normalized spacial score (nSPS) is 18.5. The Morgan fingerprint density at radius 2 is 1.90 bits per heavy atom. The highest BCUT2D eigenvalue weighted by Crippen LogP contribution is 2.41. The Bertz CT molecular complexity index is 530. The van der Waals surface area contributed by atoms with E-state index in [9.17, 15) is 27.7 Å². The van der Waals surface area contributed by atoms with Crippen molar-refractivity contribution >= 4 is 5.69 Å². The summed E-state index contributed by atoms with van der Waals surface area (Å²) in [6, 6.07) is 0.0633. The van der Waals surface area contributed by atoms with Crippen molar-refractivity contribution < 1.29 is 22.5 Å². The van der Waals surface area contributed by atoms with Gasteiger partial charge in [0.25, 0.3) is 5.69 Å². The zero-order valence-electron chi connectivity index (χ0n) is 10.9. The molecule has 0 amide bonds. The molecule has 0 saturated carbocycles. The average molecular weight is 307 g/mol. The maximum Gasteiger partial charge on any atom is 0.408 e. The molecular formula is C12H13F4N3O2. The van der Waals surface area contributed by atoms with Crippen molar-refractivity contribution in [3.05, 3.63) is 39.7 Å². The van der Waals surface area contributed by atoms with E-state index < -0.39 is 34.2 Å². The van der Waals surface area contributed by atoms with Crippen molar-refractivity contribution in [2.24, 2.45) is 0 Å². The first kappa shape index (κ1) is 15.6. The molecule has 0 radical (unpaired) electrons. The number of nitrogens with zero attached hydrogens (tertiary/aromatic N) is 2. The van der Waals surface area contributed by atoms with E-state index in [0.29, 0.717) is 19.2 Å². The Labute approximate surface area is 117 Å². The Hall–Kier alpha value is -1.74. The minimum atomic E-state index is -4.68. The lowest BCUT2D eigenvalue weighted by Gasteiger charge is -2.35. The highest BCUT2D eigenvalue weighted by atomic mass is 19.4.